The Kier molecular flexibility index (Phi) is 11.1. The van der Waals surface area contributed by atoms with Crippen LogP contribution in [0, 0.1) is 0 Å². The molecule has 0 aliphatic rings. The van der Waals surface area contributed by atoms with Crippen molar-refractivity contribution in [2.24, 2.45) is 5.73 Å². The van der Waals surface area contributed by atoms with E-state index in [1.807, 2.05) is 0 Å². The number of nitrogens with two attached hydrogens (primary N) is 1. The summed E-state index contributed by atoms with van der Waals surface area (Å²) in [5.41, 5.74) is 6.49. The van der Waals surface area contributed by atoms with Gasteiger partial charge < -0.3 is 5.73 Å². The zero-order valence-corrected chi connectivity index (χ0v) is 11.6. The van der Waals surface area contributed by atoms with E-state index in [1.165, 1.54) is 56.9 Å². The summed E-state index contributed by atoms with van der Waals surface area (Å²) in [4.78, 5) is 10.9. The lowest BCUT2D eigenvalue weighted by Gasteiger charge is -2.06. The third-order valence-electron chi connectivity index (χ3n) is 3.05. The van der Waals surface area contributed by atoms with Crippen molar-refractivity contribution in [1.82, 2.24) is 0 Å². The van der Waals surface area contributed by atoms with Gasteiger partial charge >= 0.3 is 0 Å². The van der Waals surface area contributed by atoms with Crippen molar-refractivity contribution >= 4 is 5.91 Å². The molecule has 0 rings (SSSR count). The first-order valence-electron chi connectivity index (χ1n) is 7.19. The highest BCUT2D eigenvalue weighted by Crippen LogP contribution is 2.17. The van der Waals surface area contributed by atoms with E-state index in [9.17, 15) is 4.79 Å². The van der Waals surface area contributed by atoms with Gasteiger partial charge in [0.2, 0.25) is 5.91 Å². The quantitative estimate of drug-likeness (QED) is 0.423. The van der Waals surface area contributed by atoms with Gasteiger partial charge in [-0.1, -0.05) is 57.9 Å². The molecule has 0 saturated heterocycles. The first kappa shape index (κ1) is 16.2. The zero-order chi connectivity index (χ0) is 12.9. The van der Waals surface area contributed by atoms with Crippen LogP contribution in [0.15, 0.2) is 11.6 Å². The third kappa shape index (κ3) is 11.5. The third-order valence-corrected chi connectivity index (χ3v) is 3.05. The summed E-state index contributed by atoms with van der Waals surface area (Å²) in [6.07, 6.45) is 13.8. The fraction of sp³-hybridized carbons (Fsp3) is 0.800. The Morgan fingerprint density at radius 2 is 1.35 bits per heavy atom. The fourth-order valence-electron chi connectivity index (χ4n) is 2.03. The van der Waals surface area contributed by atoms with Gasteiger partial charge in [0.05, 0.1) is 0 Å². The molecule has 0 radical (unpaired) electrons. The van der Waals surface area contributed by atoms with Crippen molar-refractivity contribution < 1.29 is 4.79 Å². The van der Waals surface area contributed by atoms with E-state index in [0.717, 1.165) is 12.8 Å². The topological polar surface area (TPSA) is 43.1 Å². The van der Waals surface area contributed by atoms with Crippen molar-refractivity contribution in [2.45, 2.75) is 78.1 Å². The molecule has 0 aromatic carbocycles. The Morgan fingerprint density at radius 3 is 1.71 bits per heavy atom. The van der Waals surface area contributed by atoms with E-state index in [0.29, 0.717) is 0 Å². The lowest BCUT2D eigenvalue weighted by molar-refractivity contribution is -0.113. The van der Waals surface area contributed by atoms with Crippen LogP contribution in [0.2, 0.25) is 0 Å². The van der Waals surface area contributed by atoms with Crippen LogP contribution in [0.4, 0.5) is 0 Å². The largest absolute Gasteiger partial charge is 0.366 e. The number of hydrogen-bond acceptors (Lipinski definition) is 1. The van der Waals surface area contributed by atoms with Gasteiger partial charge in [0.25, 0.3) is 0 Å². The van der Waals surface area contributed by atoms with Crippen LogP contribution in [-0.2, 0) is 4.79 Å². The van der Waals surface area contributed by atoms with Crippen molar-refractivity contribution in [3.8, 4) is 0 Å². The van der Waals surface area contributed by atoms with Gasteiger partial charge in [-0.05, 0) is 25.7 Å². The Labute approximate surface area is 107 Å². The average molecular weight is 239 g/mol. The lowest BCUT2D eigenvalue weighted by Crippen LogP contribution is -2.07. The molecular formula is C15H29NO. The van der Waals surface area contributed by atoms with Gasteiger partial charge in [-0.25, -0.2) is 0 Å². The maximum absolute atomic E-state index is 10.9. The van der Waals surface area contributed by atoms with Crippen LogP contribution in [0.5, 0.6) is 0 Å². The summed E-state index contributed by atoms with van der Waals surface area (Å²) in [5, 5.41) is 0. The summed E-state index contributed by atoms with van der Waals surface area (Å²) in [6.45, 7) is 4.43. The molecule has 2 N–H and O–H groups in total. The Hall–Kier alpha value is -0.790. The minimum Gasteiger partial charge on any atom is -0.366 e. The number of unbranched alkanes of at least 4 members (excludes halogenated alkanes) is 6. The van der Waals surface area contributed by atoms with E-state index in [4.69, 9.17) is 5.73 Å². The molecule has 2 nitrogen and oxygen atoms in total. The Morgan fingerprint density at radius 1 is 0.882 bits per heavy atom. The van der Waals surface area contributed by atoms with Gasteiger partial charge in [-0.2, -0.15) is 0 Å². The molecule has 2 heteroatoms. The molecular weight excluding hydrogens is 210 g/mol. The van der Waals surface area contributed by atoms with Crippen LogP contribution in [0.1, 0.15) is 78.1 Å². The summed E-state index contributed by atoms with van der Waals surface area (Å²) in [7, 11) is 0. The average Bonchev–Trinajstić information content (AvgIpc) is 2.29. The van der Waals surface area contributed by atoms with Gasteiger partial charge in [-0.3, -0.25) is 4.79 Å². The molecule has 17 heavy (non-hydrogen) atoms. The van der Waals surface area contributed by atoms with Crippen molar-refractivity contribution in [1.29, 1.82) is 0 Å². The van der Waals surface area contributed by atoms with E-state index < -0.39 is 0 Å². The molecule has 0 spiro atoms. The Bertz CT molecular complexity index is 207. The molecule has 0 aromatic rings. The second-order valence-electron chi connectivity index (χ2n) is 4.83. The molecule has 0 fully saturated rings. The first-order valence-corrected chi connectivity index (χ1v) is 7.19. The highest BCUT2D eigenvalue weighted by molar-refractivity contribution is 5.86. The maximum atomic E-state index is 10.9. The molecule has 0 saturated carbocycles. The monoisotopic (exact) mass is 239 g/mol. The van der Waals surface area contributed by atoms with Crippen molar-refractivity contribution in [3.05, 3.63) is 11.6 Å². The molecule has 0 aliphatic heterocycles. The molecule has 0 aromatic heterocycles. The van der Waals surface area contributed by atoms with Crippen molar-refractivity contribution in [2.75, 3.05) is 0 Å². The molecule has 0 atom stereocenters. The molecule has 0 heterocycles. The predicted octanol–water partition coefficient (Wildman–Crippen LogP) is 4.34. The number of hydrogen-bond donors (Lipinski definition) is 1. The first-order chi connectivity index (χ1) is 8.20. The van der Waals surface area contributed by atoms with Crippen molar-refractivity contribution in [3.63, 3.8) is 0 Å². The van der Waals surface area contributed by atoms with E-state index in [2.05, 4.69) is 13.8 Å². The van der Waals surface area contributed by atoms with E-state index >= 15 is 0 Å². The van der Waals surface area contributed by atoms with Gasteiger partial charge in [0.1, 0.15) is 0 Å². The molecule has 0 unspecified atom stereocenters. The summed E-state index contributed by atoms with van der Waals surface area (Å²) < 4.78 is 0. The van der Waals surface area contributed by atoms with Crippen LogP contribution >= 0.6 is 0 Å². The fourth-order valence-corrected chi connectivity index (χ4v) is 2.03. The van der Waals surface area contributed by atoms with Gasteiger partial charge in [0.15, 0.2) is 0 Å². The normalized spacial score (nSPS) is 10.2. The summed E-state index contributed by atoms with van der Waals surface area (Å²) in [6, 6.07) is 0. The molecule has 1 amide bonds. The van der Waals surface area contributed by atoms with Gasteiger partial charge in [-0.15, -0.1) is 0 Å². The molecule has 0 aliphatic carbocycles. The second-order valence-corrected chi connectivity index (χ2v) is 4.83. The number of carbonyl (C=O) groups excluding carboxylic acids is 1. The summed E-state index contributed by atoms with van der Waals surface area (Å²) in [5.74, 6) is -0.286. The number of rotatable bonds is 11. The number of allylic oxidation sites excluding steroid dienone is 1. The minimum absolute atomic E-state index is 0.286. The molecule has 0 bridgehead atoms. The summed E-state index contributed by atoms with van der Waals surface area (Å²) >= 11 is 0. The SMILES string of the molecule is CCCCCCC(=CC(N)=O)CCCCCC. The maximum Gasteiger partial charge on any atom is 0.241 e. The highest BCUT2D eigenvalue weighted by atomic mass is 16.1. The van der Waals surface area contributed by atoms with Crippen LogP contribution in [-0.4, -0.2) is 5.91 Å². The van der Waals surface area contributed by atoms with Crippen LogP contribution in [0.25, 0.3) is 0 Å². The standard InChI is InChI=1S/C15H29NO/c1-3-5-7-9-11-14(13-15(16)17)12-10-8-6-4-2/h13H,3-12H2,1-2H3,(H2,16,17). The number of carbonyl (C=O) groups is 1. The molecule has 100 valence electrons. The van der Waals surface area contributed by atoms with Gasteiger partial charge in [0, 0.05) is 6.08 Å². The van der Waals surface area contributed by atoms with Crippen LogP contribution < -0.4 is 5.73 Å². The van der Waals surface area contributed by atoms with E-state index in [-0.39, 0.29) is 5.91 Å². The lowest BCUT2D eigenvalue weighted by atomic mass is 10.00. The van der Waals surface area contributed by atoms with E-state index in [1.54, 1.807) is 6.08 Å². The van der Waals surface area contributed by atoms with Crippen LogP contribution in [0.3, 0.4) is 0 Å². The predicted molar refractivity (Wildman–Crippen MR) is 74.8 cm³/mol. The minimum atomic E-state index is -0.286. The zero-order valence-electron chi connectivity index (χ0n) is 11.6. The highest BCUT2D eigenvalue weighted by Gasteiger charge is 2.00. The number of amides is 1. The smallest absolute Gasteiger partial charge is 0.241 e. The number of primary amides is 1. The Balaban J connectivity index is 3.85. The second kappa shape index (κ2) is 11.7.